The van der Waals surface area contributed by atoms with Crippen LogP contribution in [0.1, 0.15) is 48.4 Å². The molecule has 2 aromatic rings. The van der Waals surface area contributed by atoms with Gasteiger partial charge in [-0.15, -0.1) is 11.3 Å². The van der Waals surface area contributed by atoms with Gasteiger partial charge in [0.1, 0.15) is 0 Å². The lowest BCUT2D eigenvalue weighted by molar-refractivity contribution is 0.633. The largest absolute Gasteiger partial charge is 0.306 e. The molecule has 20 heavy (non-hydrogen) atoms. The van der Waals surface area contributed by atoms with Crippen LogP contribution in [0.4, 0.5) is 0 Å². The number of nitrogens with one attached hydrogen (secondary N) is 1. The first-order valence-electron chi connectivity index (χ1n) is 7.29. The fraction of sp³-hybridized carbons (Fsp3) is 0.412. The Bertz CT molecular complexity index is 562. The number of thiophene rings is 1. The second-order valence-corrected chi connectivity index (χ2v) is 7.37. The van der Waals surface area contributed by atoms with E-state index in [0.29, 0.717) is 6.04 Å². The zero-order chi connectivity index (χ0) is 14.5. The highest BCUT2D eigenvalue weighted by molar-refractivity contribution is 9.11. The van der Waals surface area contributed by atoms with E-state index in [9.17, 15) is 0 Å². The van der Waals surface area contributed by atoms with Gasteiger partial charge in [0.2, 0.25) is 0 Å². The van der Waals surface area contributed by atoms with Crippen LogP contribution in [-0.4, -0.2) is 6.54 Å². The number of rotatable bonds is 6. The minimum atomic E-state index is 0.303. The predicted octanol–water partition coefficient (Wildman–Crippen LogP) is 5.33. The maximum Gasteiger partial charge on any atom is 0.0702 e. The summed E-state index contributed by atoms with van der Waals surface area (Å²) in [4.78, 5) is 1.38. The average Bonchev–Trinajstić information content (AvgIpc) is 2.90. The third-order valence-corrected chi connectivity index (χ3v) is 5.29. The van der Waals surface area contributed by atoms with Crippen LogP contribution in [0.5, 0.6) is 0 Å². The average molecular weight is 352 g/mol. The van der Waals surface area contributed by atoms with Crippen molar-refractivity contribution in [2.45, 2.75) is 39.7 Å². The van der Waals surface area contributed by atoms with E-state index in [1.165, 1.54) is 25.4 Å². The van der Waals surface area contributed by atoms with Gasteiger partial charge in [0.05, 0.1) is 9.83 Å². The molecule has 0 saturated carbocycles. The summed E-state index contributed by atoms with van der Waals surface area (Å²) >= 11 is 5.40. The van der Waals surface area contributed by atoms with E-state index in [-0.39, 0.29) is 0 Å². The molecular formula is C17H22BrNS. The number of aryl methyl sites for hydroxylation is 2. The fourth-order valence-corrected chi connectivity index (χ4v) is 4.02. The van der Waals surface area contributed by atoms with Crippen molar-refractivity contribution < 1.29 is 0 Å². The van der Waals surface area contributed by atoms with E-state index in [2.05, 4.69) is 72.3 Å². The molecule has 1 aromatic heterocycles. The first-order chi connectivity index (χ1) is 9.69. The van der Waals surface area contributed by atoms with Crippen LogP contribution in [0.2, 0.25) is 0 Å². The topological polar surface area (TPSA) is 12.0 Å². The molecule has 108 valence electrons. The Labute approximate surface area is 134 Å². The molecule has 0 spiro atoms. The van der Waals surface area contributed by atoms with Gasteiger partial charge in [0.15, 0.2) is 0 Å². The Morgan fingerprint density at radius 2 is 1.90 bits per heavy atom. The summed E-state index contributed by atoms with van der Waals surface area (Å²) in [6, 6.07) is 11.6. The van der Waals surface area contributed by atoms with Crippen LogP contribution in [0.15, 0.2) is 34.1 Å². The molecule has 0 amide bonds. The minimum absolute atomic E-state index is 0.303. The van der Waals surface area contributed by atoms with Crippen LogP contribution in [-0.2, 0) is 12.8 Å². The number of hydrogen-bond acceptors (Lipinski definition) is 2. The molecule has 0 aliphatic carbocycles. The molecule has 0 aliphatic heterocycles. The third-order valence-electron chi connectivity index (χ3n) is 3.60. The lowest BCUT2D eigenvalue weighted by Crippen LogP contribution is -2.22. The lowest BCUT2D eigenvalue weighted by atomic mass is 9.94. The van der Waals surface area contributed by atoms with Crippen molar-refractivity contribution in [2.75, 3.05) is 6.54 Å². The molecule has 1 heterocycles. The van der Waals surface area contributed by atoms with E-state index >= 15 is 0 Å². The predicted molar refractivity (Wildman–Crippen MR) is 92.7 cm³/mol. The van der Waals surface area contributed by atoms with Crippen LogP contribution < -0.4 is 5.32 Å². The molecule has 0 saturated heterocycles. The molecule has 0 fully saturated rings. The van der Waals surface area contributed by atoms with Crippen LogP contribution in [0, 0.1) is 0 Å². The number of benzene rings is 1. The molecule has 0 radical (unpaired) electrons. The highest BCUT2D eigenvalue weighted by Gasteiger charge is 2.18. The Kier molecular flexibility index (Phi) is 5.82. The summed E-state index contributed by atoms with van der Waals surface area (Å²) in [5.74, 6) is 0. The SMILES string of the molecule is CCNC(c1ccc(Br)s1)c1cc(CC)ccc1CC. The Balaban J connectivity index is 2.47. The van der Waals surface area contributed by atoms with Gasteiger partial charge in [-0.1, -0.05) is 39.0 Å². The Morgan fingerprint density at radius 1 is 1.10 bits per heavy atom. The molecule has 0 aliphatic rings. The van der Waals surface area contributed by atoms with E-state index in [1.807, 2.05) is 11.3 Å². The maximum atomic E-state index is 3.64. The van der Waals surface area contributed by atoms with Crippen molar-refractivity contribution in [3.8, 4) is 0 Å². The summed E-state index contributed by atoms with van der Waals surface area (Å²) in [6.45, 7) is 7.59. The van der Waals surface area contributed by atoms with E-state index in [0.717, 1.165) is 19.4 Å². The van der Waals surface area contributed by atoms with Crippen molar-refractivity contribution in [3.63, 3.8) is 0 Å². The van der Waals surface area contributed by atoms with Crippen molar-refractivity contribution in [2.24, 2.45) is 0 Å². The minimum Gasteiger partial charge on any atom is -0.306 e. The maximum absolute atomic E-state index is 3.64. The summed E-state index contributed by atoms with van der Waals surface area (Å²) < 4.78 is 1.19. The molecule has 3 heteroatoms. The second kappa shape index (κ2) is 7.39. The smallest absolute Gasteiger partial charge is 0.0702 e. The summed E-state index contributed by atoms with van der Waals surface area (Å²) in [5.41, 5.74) is 4.29. The zero-order valence-corrected chi connectivity index (χ0v) is 14.8. The number of hydrogen-bond donors (Lipinski definition) is 1. The fourth-order valence-electron chi connectivity index (χ4n) is 2.51. The highest BCUT2D eigenvalue weighted by Crippen LogP contribution is 2.33. The third kappa shape index (κ3) is 3.51. The summed E-state index contributed by atoms with van der Waals surface area (Å²) in [6.07, 6.45) is 2.16. The Hall–Kier alpha value is -0.640. The van der Waals surface area contributed by atoms with Gasteiger partial charge in [-0.25, -0.2) is 0 Å². The van der Waals surface area contributed by atoms with Gasteiger partial charge in [-0.05, 0) is 64.1 Å². The van der Waals surface area contributed by atoms with Gasteiger partial charge >= 0.3 is 0 Å². The monoisotopic (exact) mass is 351 g/mol. The van der Waals surface area contributed by atoms with Gasteiger partial charge in [0, 0.05) is 4.88 Å². The van der Waals surface area contributed by atoms with Crippen LogP contribution >= 0.6 is 27.3 Å². The highest BCUT2D eigenvalue weighted by atomic mass is 79.9. The molecule has 1 nitrogen and oxygen atoms in total. The van der Waals surface area contributed by atoms with Crippen molar-refractivity contribution >= 4 is 27.3 Å². The second-order valence-electron chi connectivity index (χ2n) is 4.87. The summed E-state index contributed by atoms with van der Waals surface area (Å²) in [7, 11) is 0. The molecular weight excluding hydrogens is 330 g/mol. The van der Waals surface area contributed by atoms with E-state index < -0.39 is 0 Å². The first kappa shape index (κ1) is 15.7. The van der Waals surface area contributed by atoms with Crippen LogP contribution in [0.25, 0.3) is 0 Å². The zero-order valence-electron chi connectivity index (χ0n) is 12.4. The molecule has 0 bridgehead atoms. The van der Waals surface area contributed by atoms with Crippen molar-refractivity contribution in [1.82, 2.24) is 5.32 Å². The quantitative estimate of drug-likeness (QED) is 0.740. The summed E-state index contributed by atoms with van der Waals surface area (Å²) in [5, 5.41) is 3.64. The molecule has 1 unspecified atom stereocenters. The molecule has 1 N–H and O–H groups in total. The first-order valence-corrected chi connectivity index (χ1v) is 8.90. The van der Waals surface area contributed by atoms with Gasteiger partial charge in [-0.3, -0.25) is 0 Å². The molecule has 2 rings (SSSR count). The van der Waals surface area contributed by atoms with E-state index in [4.69, 9.17) is 0 Å². The number of halogens is 1. The Morgan fingerprint density at radius 3 is 2.45 bits per heavy atom. The van der Waals surface area contributed by atoms with Gasteiger partial charge < -0.3 is 5.32 Å². The van der Waals surface area contributed by atoms with Gasteiger partial charge in [0.25, 0.3) is 0 Å². The standard InChI is InChI=1S/C17H22BrNS/c1-4-12-7-8-13(5-2)14(11-12)17(19-6-3)15-9-10-16(18)20-15/h7-11,17,19H,4-6H2,1-3H3. The lowest BCUT2D eigenvalue weighted by Gasteiger charge is -2.21. The molecule has 1 aromatic carbocycles. The normalized spacial score (nSPS) is 12.6. The van der Waals surface area contributed by atoms with Crippen LogP contribution in [0.3, 0.4) is 0 Å². The van der Waals surface area contributed by atoms with E-state index in [1.54, 1.807) is 0 Å². The van der Waals surface area contributed by atoms with Gasteiger partial charge in [-0.2, -0.15) is 0 Å². The van der Waals surface area contributed by atoms with Crippen molar-refractivity contribution in [1.29, 1.82) is 0 Å². The molecule has 1 atom stereocenters. The van der Waals surface area contributed by atoms with Crippen molar-refractivity contribution in [3.05, 3.63) is 55.7 Å².